The SMILES string of the molecule is N#Cc1nc2c(cc1F)-c1ccc(Cl)cc1C2=O. The lowest BCUT2D eigenvalue weighted by Gasteiger charge is -2.00. The Bertz CT molecular complexity index is 749. The molecule has 0 unspecified atom stereocenters. The molecule has 1 heterocycles. The zero-order valence-electron chi connectivity index (χ0n) is 8.87. The van der Waals surface area contributed by atoms with Crippen LogP contribution in [0.25, 0.3) is 11.1 Å². The topological polar surface area (TPSA) is 53.8 Å². The van der Waals surface area contributed by atoms with E-state index in [1.807, 2.05) is 0 Å². The molecule has 1 aliphatic carbocycles. The number of carbonyl (C=O) groups is 1. The van der Waals surface area contributed by atoms with Crippen LogP contribution < -0.4 is 0 Å². The lowest BCUT2D eigenvalue weighted by atomic mass is 10.1. The van der Waals surface area contributed by atoms with Crippen molar-refractivity contribution in [3.05, 3.63) is 52.1 Å². The average molecular weight is 259 g/mol. The Hall–Kier alpha value is -2.25. The van der Waals surface area contributed by atoms with Gasteiger partial charge in [-0.2, -0.15) is 5.26 Å². The first kappa shape index (κ1) is 10.9. The molecule has 1 aromatic heterocycles. The molecule has 1 aliphatic rings. The summed E-state index contributed by atoms with van der Waals surface area (Å²) < 4.78 is 13.5. The molecule has 0 bridgehead atoms. The van der Waals surface area contributed by atoms with Crippen LogP contribution in [0.1, 0.15) is 21.7 Å². The fourth-order valence-corrected chi connectivity index (χ4v) is 2.18. The van der Waals surface area contributed by atoms with Gasteiger partial charge in [0.2, 0.25) is 5.78 Å². The number of nitrogens with zero attached hydrogens (tertiary/aromatic N) is 2. The minimum atomic E-state index is -0.730. The van der Waals surface area contributed by atoms with Crippen LogP contribution in [0.4, 0.5) is 4.39 Å². The van der Waals surface area contributed by atoms with E-state index in [0.29, 0.717) is 21.7 Å². The number of rotatable bonds is 0. The van der Waals surface area contributed by atoms with Gasteiger partial charge in [-0.3, -0.25) is 4.79 Å². The highest BCUT2D eigenvalue weighted by Gasteiger charge is 2.30. The first-order valence-electron chi connectivity index (χ1n) is 5.07. The molecular weight excluding hydrogens is 255 g/mol. The van der Waals surface area contributed by atoms with Crippen molar-refractivity contribution in [2.24, 2.45) is 0 Å². The number of carbonyl (C=O) groups excluding carboxylic acids is 1. The molecule has 1 aromatic carbocycles. The van der Waals surface area contributed by atoms with Crippen LogP contribution in [0.2, 0.25) is 5.02 Å². The smallest absolute Gasteiger partial charge is 0.212 e. The van der Waals surface area contributed by atoms with E-state index in [4.69, 9.17) is 16.9 Å². The van der Waals surface area contributed by atoms with Crippen LogP contribution in [-0.2, 0) is 0 Å². The summed E-state index contributed by atoms with van der Waals surface area (Å²) in [6.45, 7) is 0. The van der Waals surface area contributed by atoms with Gasteiger partial charge in [-0.25, -0.2) is 9.37 Å². The number of ketones is 1. The zero-order chi connectivity index (χ0) is 12.9. The number of fused-ring (bicyclic) bond motifs is 3. The Morgan fingerprint density at radius 3 is 2.72 bits per heavy atom. The van der Waals surface area contributed by atoms with E-state index >= 15 is 0 Å². The van der Waals surface area contributed by atoms with Gasteiger partial charge in [-0.1, -0.05) is 17.7 Å². The summed E-state index contributed by atoms with van der Waals surface area (Å²) in [4.78, 5) is 15.8. The first-order valence-corrected chi connectivity index (χ1v) is 5.45. The molecule has 0 spiro atoms. The van der Waals surface area contributed by atoms with Gasteiger partial charge >= 0.3 is 0 Å². The second-order valence-electron chi connectivity index (χ2n) is 3.85. The van der Waals surface area contributed by atoms with E-state index in [9.17, 15) is 9.18 Å². The molecule has 0 radical (unpaired) electrons. The average Bonchev–Trinajstić information content (AvgIpc) is 2.61. The van der Waals surface area contributed by atoms with Crippen molar-refractivity contribution >= 4 is 17.4 Å². The van der Waals surface area contributed by atoms with Gasteiger partial charge in [0, 0.05) is 16.1 Å². The molecule has 0 saturated carbocycles. The second-order valence-corrected chi connectivity index (χ2v) is 4.28. The van der Waals surface area contributed by atoms with Crippen molar-refractivity contribution in [3.8, 4) is 17.2 Å². The van der Waals surface area contributed by atoms with E-state index in [1.165, 1.54) is 12.1 Å². The number of nitriles is 1. The predicted molar refractivity (Wildman–Crippen MR) is 62.8 cm³/mol. The second kappa shape index (κ2) is 3.62. The van der Waals surface area contributed by atoms with E-state index in [0.717, 1.165) is 0 Å². The molecule has 86 valence electrons. The van der Waals surface area contributed by atoms with Gasteiger partial charge < -0.3 is 0 Å². The largest absolute Gasteiger partial charge is 0.287 e. The number of benzene rings is 1. The summed E-state index contributed by atoms with van der Waals surface area (Å²) >= 11 is 5.82. The maximum atomic E-state index is 13.5. The Morgan fingerprint density at radius 1 is 1.22 bits per heavy atom. The van der Waals surface area contributed by atoms with Crippen LogP contribution >= 0.6 is 11.6 Å². The molecule has 2 aromatic rings. The fraction of sp³-hybridized carbons (Fsp3) is 0. The normalized spacial score (nSPS) is 11.9. The van der Waals surface area contributed by atoms with Crippen LogP contribution in [0.5, 0.6) is 0 Å². The van der Waals surface area contributed by atoms with Crippen LogP contribution in [0.15, 0.2) is 24.3 Å². The number of halogens is 2. The van der Waals surface area contributed by atoms with Gasteiger partial charge in [-0.15, -0.1) is 0 Å². The molecule has 0 amide bonds. The van der Waals surface area contributed by atoms with Crippen molar-refractivity contribution in [1.82, 2.24) is 4.98 Å². The monoisotopic (exact) mass is 258 g/mol. The third kappa shape index (κ3) is 1.35. The minimum absolute atomic E-state index is 0.102. The Morgan fingerprint density at radius 2 is 2.00 bits per heavy atom. The van der Waals surface area contributed by atoms with Gasteiger partial charge in [0.25, 0.3) is 0 Å². The number of hydrogen-bond acceptors (Lipinski definition) is 3. The third-order valence-corrected chi connectivity index (χ3v) is 3.05. The maximum Gasteiger partial charge on any atom is 0.212 e. The molecule has 0 saturated heterocycles. The molecule has 0 fully saturated rings. The van der Waals surface area contributed by atoms with Gasteiger partial charge in [0.1, 0.15) is 11.8 Å². The predicted octanol–water partition coefficient (Wildman–Crippen LogP) is 2.96. The summed E-state index contributed by atoms with van der Waals surface area (Å²) in [7, 11) is 0. The standard InChI is InChI=1S/C13H4ClFN2O/c14-6-1-2-7-8-4-10(15)11(5-16)17-12(8)13(18)9(7)3-6/h1-4H. The summed E-state index contributed by atoms with van der Waals surface area (Å²) in [6.07, 6.45) is 0. The summed E-state index contributed by atoms with van der Waals surface area (Å²) in [5, 5.41) is 9.14. The lowest BCUT2D eigenvalue weighted by molar-refractivity contribution is 0.103. The lowest BCUT2D eigenvalue weighted by Crippen LogP contribution is -2.01. The number of pyridine rings is 1. The molecule has 0 N–H and O–H groups in total. The van der Waals surface area contributed by atoms with E-state index in [2.05, 4.69) is 4.98 Å². The zero-order valence-corrected chi connectivity index (χ0v) is 9.62. The quantitative estimate of drug-likeness (QED) is 0.623. The summed E-state index contributed by atoms with van der Waals surface area (Å²) in [5.41, 5.74) is 1.11. The highest BCUT2D eigenvalue weighted by Crippen LogP contribution is 2.37. The van der Waals surface area contributed by atoms with Crippen LogP contribution in [0, 0.1) is 17.1 Å². The minimum Gasteiger partial charge on any atom is -0.287 e. The van der Waals surface area contributed by atoms with E-state index in [-0.39, 0.29) is 17.2 Å². The van der Waals surface area contributed by atoms with Gasteiger partial charge in [-0.05, 0) is 23.8 Å². The fourth-order valence-electron chi connectivity index (χ4n) is 2.01. The van der Waals surface area contributed by atoms with Gasteiger partial charge in [0.15, 0.2) is 11.5 Å². The Kier molecular flexibility index (Phi) is 2.19. The highest BCUT2D eigenvalue weighted by molar-refractivity contribution is 6.32. The molecule has 5 heteroatoms. The van der Waals surface area contributed by atoms with Crippen LogP contribution in [0.3, 0.4) is 0 Å². The molecule has 0 aliphatic heterocycles. The van der Waals surface area contributed by atoms with Crippen molar-refractivity contribution < 1.29 is 9.18 Å². The highest BCUT2D eigenvalue weighted by atomic mass is 35.5. The Labute approximate surface area is 106 Å². The summed E-state index contributed by atoms with van der Waals surface area (Å²) in [6, 6.07) is 7.57. The third-order valence-electron chi connectivity index (χ3n) is 2.81. The van der Waals surface area contributed by atoms with Crippen molar-refractivity contribution in [1.29, 1.82) is 5.26 Å². The molecule has 3 rings (SSSR count). The Balaban J connectivity index is 2.34. The number of aromatic nitrogens is 1. The van der Waals surface area contributed by atoms with Crippen molar-refractivity contribution in [3.63, 3.8) is 0 Å². The molecule has 0 atom stereocenters. The summed E-state index contributed by atoms with van der Waals surface area (Å²) in [5.74, 6) is -1.06. The number of hydrogen-bond donors (Lipinski definition) is 0. The molecule has 18 heavy (non-hydrogen) atoms. The van der Waals surface area contributed by atoms with Crippen LogP contribution in [-0.4, -0.2) is 10.8 Å². The van der Waals surface area contributed by atoms with E-state index < -0.39 is 5.82 Å². The first-order chi connectivity index (χ1) is 8.61. The van der Waals surface area contributed by atoms with E-state index in [1.54, 1.807) is 18.2 Å². The van der Waals surface area contributed by atoms with Crippen molar-refractivity contribution in [2.75, 3.05) is 0 Å². The molecular formula is C13H4ClFN2O. The van der Waals surface area contributed by atoms with Crippen molar-refractivity contribution in [2.45, 2.75) is 0 Å². The van der Waals surface area contributed by atoms with Gasteiger partial charge in [0.05, 0.1) is 0 Å². The molecule has 3 nitrogen and oxygen atoms in total. The maximum absolute atomic E-state index is 13.5.